The van der Waals surface area contributed by atoms with E-state index in [1.165, 1.54) is 46.0 Å². The minimum atomic E-state index is -3.91. The maximum absolute atomic E-state index is 9.44. The van der Waals surface area contributed by atoms with Gasteiger partial charge in [-0.3, -0.25) is 0 Å². The highest BCUT2D eigenvalue weighted by atomic mass is 32.2. The average molecular weight is 382 g/mol. The zero-order valence-corrected chi connectivity index (χ0v) is 18.1. The second-order valence-electron chi connectivity index (χ2n) is 5.04. The standard InChI is InChI=1S/C8H17.C5H12N.C3H6O2.C2H6O3S/c1-4-7-8(5-2)6-3;1-3-5-6-4-2;1-2-3(4)5;1-2-6(3,4)5/h4-7H2,1-3H3;3-5H2,1-2H3;2H2,1H3,(H,4,5);2H2,1H3,(H,3,4,5)/q2*-1;;/p-2. The molecule has 0 fully saturated rings. The molecule has 156 valence electrons. The number of nitrogens with zero attached hydrogens (tertiary/aromatic N) is 1. The van der Waals surface area contributed by atoms with Gasteiger partial charge in [0.15, 0.2) is 0 Å². The summed E-state index contributed by atoms with van der Waals surface area (Å²) < 4.78 is 28.3. The number of carboxylic acids is 1. The molecule has 0 aromatic heterocycles. The van der Waals surface area contributed by atoms with Crippen molar-refractivity contribution in [3.05, 3.63) is 11.2 Å². The summed E-state index contributed by atoms with van der Waals surface area (Å²) in [7, 11) is -3.91. The highest BCUT2D eigenvalue weighted by Gasteiger charge is 1.83. The second-order valence-corrected chi connectivity index (χ2v) is 6.74. The lowest BCUT2D eigenvalue weighted by atomic mass is 9.98. The first-order valence-corrected chi connectivity index (χ1v) is 10.8. The van der Waals surface area contributed by atoms with Gasteiger partial charge < -0.3 is 25.7 Å². The largest absolute Gasteiger partial charge is 0.748 e. The average Bonchev–Trinajstić information content (AvgIpc) is 2.58. The molecule has 0 rings (SSSR count). The van der Waals surface area contributed by atoms with Crippen molar-refractivity contribution in [3.63, 3.8) is 0 Å². The third kappa shape index (κ3) is 51.7. The first kappa shape index (κ1) is 32.0. The molecule has 0 amide bonds. The van der Waals surface area contributed by atoms with Gasteiger partial charge in [-0.05, 0) is 6.42 Å². The Bertz CT molecular complexity index is 337. The molecule has 0 spiro atoms. The molecule has 25 heavy (non-hydrogen) atoms. The van der Waals surface area contributed by atoms with Gasteiger partial charge in [-0.25, -0.2) is 8.42 Å². The van der Waals surface area contributed by atoms with Crippen LogP contribution in [0.25, 0.3) is 5.32 Å². The van der Waals surface area contributed by atoms with Crippen LogP contribution in [0.1, 0.15) is 87.0 Å². The third-order valence-corrected chi connectivity index (χ3v) is 3.56. The van der Waals surface area contributed by atoms with Crippen LogP contribution in [0.5, 0.6) is 0 Å². The molecule has 0 aliphatic heterocycles. The Balaban J connectivity index is -0.000000119. The molecule has 0 N–H and O–H groups in total. The van der Waals surface area contributed by atoms with Gasteiger partial charge in [0.2, 0.25) is 0 Å². The van der Waals surface area contributed by atoms with Crippen molar-refractivity contribution in [2.24, 2.45) is 0 Å². The monoisotopic (exact) mass is 381 g/mol. The molecule has 0 heterocycles. The van der Waals surface area contributed by atoms with E-state index in [2.05, 4.69) is 39.9 Å². The van der Waals surface area contributed by atoms with Crippen molar-refractivity contribution in [2.75, 3.05) is 18.8 Å². The quantitative estimate of drug-likeness (QED) is 0.343. The number of carbonyl (C=O) groups is 1. The molecule has 0 aromatic rings. The summed E-state index contributed by atoms with van der Waals surface area (Å²) in [6, 6.07) is 0. The molecule has 0 saturated heterocycles. The van der Waals surface area contributed by atoms with Crippen molar-refractivity contribution in [1.29, 1.82) is 0 Å². The summed E-state index contributed by atoms with van der Waals surface area (Å²) in [6.45, 7) is 15.8. The molecule has 0 aliphatic rings. The fourth-order valence-corrected chi connectivity index (χ4v) is 1.27. The van der Waals surface area contributed by atoms with Gasteiger partial charge in [-0.1, -0.05) is 61.3 Å². The fraction of sp³-hybridized carbons (Fsp3) is 0.889. The van der Waals surface area contributed by atoms with Gasteiger partial charge in [0.05, 0.1) is 10.1 Å². The van der Waals surface area contributed by atoms with E-state index in [4.69, 9.17) is 0 Å². The summed E-state index contributed by atoms with van der Waals surface area (Å²) >= 11 is 0. The topological polar surface area (TPSA) is 111 Å². The van der Waals surface area contributed by atoms with Crippen LogP contribution in [-0.2, 0) is 14.9 Å². The Kier molecular flexibility index (Phi) is 32.8. The van der Waals surface area contributed by atoms with E-state index in [0.717, 1.165) is 13.1 Å². The van der Waals surface area contributed by atoms with Crippen LogP contribution in [0.15, 0.2) is 0 Å². The first-order chi connectivity index (χ1) is 11.6. The minimum absolute atomic E-state index is 0.111. The fourth-order valence-electron chi connectivity index (χ4n) is 1.27. The predicted octanol–water partition coefficient (Wildman–Crippen LogP) is 3.67. The molecule has 0 aromatic carbocycles. The van der Waals surface area contributed by atoms with Gasteiger partial charge in [0.1, 0.15) is 0 Å². The van der Waals surface area contributed by atoms with Crippen molar-refractivity contribution in [2.45, 2.75) is 87.0 Å². The molecule has 0 aliphatic carbocycles. The van der Waals surface area contributed by atoms with Crippen molar-refractivity contribution in [1.82, 2.24) is 0 Å². The molecule has 6 nitrogen and oxygen atoms in total. The van der Waals surface area contributed by atoms with Crippen LogP contribution in [0.4, 0.5) is 0 Å². The number of carbonyl (C=O) groups excluding carboxylic acids is 1. The predicted molar refractivity (Wildman–Crippen MR) is 103 cm³/mol. The summed E-state index contributed by atoms with van der Waals surface area (Å²) in [6.07, 6.45) is 6.52. The normalized spacial score (nSPS) is 9.80. The second kappa shape index (κ2) is 25.6. The van der Waals surface area contributed by atoms with Crippen molar-refractivity contribution >= 4 is 16.1 Å². The van der Waals surface area contributed by atoms with E-state index < -0.39 is 16.1 Å². The van der Waals surface area contributed by atoms with E-state index in [1.807, 2.05) is 0 Å². The maximum Gasteiger partial charge on any atom is 0.0943 e. The Morgan fingerprint density at radius 3 is 1.44 bits per heavy atom. The molecule has 0 atom stereocenters. The number of rotatable bonds is 9. The molecule has 7 heteroatoms. The van der Waals surface area contributed by atoms with Gasteiger partial charge >= 0.3 is 0 Å². The van der Waals surface area contributed by atoms with Crippen LogP contribution < -0.4 is 5.11 Å². The SMILES string of the molecule is CCC(=O)[O-].CCC[C-](CC)CC.CCC[N-]CC.CCS(=O)(=O)[O-]. The number of aliphatic carboxylic acids is 1. The third-order valence-electron chi connectivity index (χ3n) is 2.85. The van der Waals surface area contributed by atoms with Crippen LogP contribution in [0, 0.1) is 5.92 Å². The van der Waals surface area contributed by atoms with Crippen LogP contribution in [0.2, 0.25) is 0 Å². The van der Waals surface area contributed by atoms with E-state index in [-0.39, 0.29) is 12.2 Å². The first-order valence-electron chi connectivity index (χ1n) is 9.19. The highest BCUT2D eigenvalue weighted by Crippen LogP contribution is 2.16. The van der Waals surface area contributed by atoms with Gasteiger partial charge in [-0.2, -0.15) is 25.8 Å². The molecule has 0 saturated carbocycles. The zero-order chi connectivity index (χ0) is 20.7. The Morgan fingerprint density at radius 1 is 0.960 bits per heavy atom. The smallest absolute Gasteiger partial charge is 0.0943 e. The number of hydrogen-bond acceptors (Lipinski definition) is 5. The molecular weight excluding hydrogens is 342 g/mol. The van der Waals surface area contributed by atoms with Crippen LogP contribution >= 0.6 is 0 Å². The van der Waals surface area contributed by atoms with Crippen molar-refractivity contribution in [3.8, 4) is 0 Å². The summed E-state index contributed by atoms with van der Waals surface area (Å²) in [5, 5.41) is 13.3. The molecule has 0 unspecified atom stereocenters. The molecule has 0 radical (unpaired) electrons. The zero-order valence-electron chi connectivity index (χ0n) is 17.3. The number of carboxylic acid groups (broad SMARTS) is 1. The Morgan fingerprint density at radius 2 is 1.36 bits per heavy atom. The Labute approximate surface area is 156 Å². The lowest BCUT2D eigenvalue weighted by Crippen LogP contribution is -2.19. The highest BCUT2D eigenvalue weighted by molar-refractivity contribution is 7.85. The lowest BCUT2D eigenvalue weighted by Gasteiger charge is -2.24. The molecular formula is C18H39NO5S-4. The summed E-state index contributed by atoms with van der Waals surface area (Å²) in [5.41, 5.74) is 0. The molecule has 0 bridgehead atoms. The maximum atomic E-state index is 9.44. The summed E-state index contributed by atoms with van der Waals surface area (Å²) in [4.78, 5) is 9.26. The van der Waals surface area contributed by atoms with E-state index in [0.29, 0.717) is 0 Å². The van der Waals surface area contributed by atoms with Crippen LogP contribution in [-0.4, -0.2) is 37.8 Å². The van der Waals surface area contributed by atoms with Gasteiger partial charge in [0, 0.05) is 11.7 Å². The van der Waals surface area contributed by atoms with E-state index >= 15 is 0 Å². The van der Waals surface area contributed by atoms with E-state index in [9.17, 15) is 22.9 Å². The summed E-state index contributed by atoms with van der Waals surface area (Å²) in [5.74, 6) is 0.407. The van der Waals surface area contributed by atoms with Crippen molar-refractivity contribution < 1.29 is 22.9 Å². The lowest BCUT2D eigenvalue weighted by molar-refractivity contribution is -0.305. The van der Waals surface area contributed by atoms with Gasteiger partial charge in [-0.15, -0.1) is 6.54 Å². The van der Waals surface area contributed by atoms with E-state index in [1.54, 1.807) is 5.92 Å². The number of hydrogen-bond donors (Lipinski definition) is 0. The minimum Gasteiger partial charge on any atom is -0.748 e. The Hall–Kier alpha value is -0.660. The van der Waals surface area contributed by atoms with Gasteiger partial charge in [0.25, 0.3) is 0 Å². The van der Waals surface area contributed by atoms with Crippen LogP contribution in [0.3, 0.4) is 0 Å².